The van der Waals surface area contributed by atoms with E-state index in [1.807, 2.05) is 50.4 Å². The zero-order valence-corrected chi connectivity index (χ0v) is 13.1. The van der Waals surface area contributed by atoms with Crippen LogP contribution in [-0.2, 0) is 0 Å². The lowest BCUT2D eigenvalue weighted by Gasteiger charge is -2.40. The van der Waals surface area contributed by atoms with Crippen LogP contribution < -0.4 is 10.1 Å². The molecule has 0 spiro atoms. The number of ether oxygens (including phenoxy) is 1. The highest BCUT2D eigenvalue weighted by molar-refractivity contribution is 5.36. The first-order valence-corrected chi connectivity index (χ1v) is 7.71. The van der Waals surface area contributed by atoms with E-state index >= 15 is 0 Å². The van der Waals surface area contributed by atoms with Crippen LogP contribution in [0.5, 0.6) is 5.75 Å². The van der Waals surface area contributed by atoms with Gasteiger partial charge in [0.2, 0.25) is 0 Å². The van der Waals surface area contributed by atoms with E-state index in [0.717, 1.165) is 42.6 Å². The van der Waals surface area contributed by atoms with Gasteiger partial charge in [-0.25, -0.2) is 9.97 Å². The SMILES string of the molecule is CNc1cc([C@@H]2CCN2CCOc2ccccc2)nc(C)n1. The lowest BCUT2D eigenvalue weighted by Crippen LogP contribution is -2.43. The minimum atomic E-state index is 0.383. The normalized spacial score (nSPS) is 17.8. The van der Waals surface area contributed by atoms with Crippen LogP contribution in [0.3, 0.4) is 0 Å². The van der Waals surface area contributed by atoms with Gasteiger partial charge in [-0.05, 0) is 25.5 Å². The summed E-state index contributed by atoms with van der Waals surface area (Å²) in [5.74, 6) is 2.62. The Labute approximate surface area is 131 Å². The predicted octanol–water partition coefficient (Wildman–Crippen LogP) is 2.65. The fourth-order valence-electron chi connectivity index (χ4n) is 2.73. The first kappa shape index (κ1) is 14.8. The van der Waals surface area contributed by atoms with Gasteiger partial charge in [-0.3, -0.25) is 4.90 Å². The molecule has 1 aromatic carbocycles. The fourth-order valence-corrected chi connectivity index (χ4v) is 2.73. The van der Waals surface area contributed by atoms with E-state index in [4.69, 9.17) is 4.74 Å². The quantitative estimate of drug-likeness (QED) is 0.888. The van der Waals surface area contributed by atoms with Crippen molar-refractivity contribution in [2.45, 2.75) is 19.4 Å². The largest absolute Gasteiger partial charge is 0.492 e. The van der Waals surface area contributed by atoms with Gasteiger partial charge in [-0.1, -0.05) is 18.2 Å². The Kier molecular flexibility index (Phi) is 4.53. The molecule has 1 aliphatic heterocycles. The number of anilines is 1. The van der Waals surface area contributed by atoms with Crippen LogP contribution in [0.25, 0.3) is 0 Å². The van der Waals surface area contributed by atoms with Crippen molar-refractivity contribution < 1.29 is 4.74 Å². The summed E-state index contributed by atoms with van der Waals surface area (Å²) in [7, 11) is 1.89. The van der Waals surface area contributed by atoms with Crippen molar-refractivity contribution in [2.24, 2.45) is 0 Å². The van der Waals surface area contributed by atoms with Gasteiger partial charge in [-0.15, -0.1) is 0 Å². The van der Waals surface area contributed by atoms with Gasteiger partial charge in [0.1, 0.15) is 24.0 Å². The van der Waals surface area contributed by atoms with Crippen LogP contribution in [0.15, 0.2) is 36.4 Å². The van der Waals surface area contributed by atoms with Crippen LogP contribution in [0.2, 0.25) is 0 Å². The lowest BCUT2D eigenvalue weighted by atomic mass is 9.99. The van der Waals surface area contributed by atoms with Crippen molar-refractivity contribution in [3.05, 3.63) is 47.9 Å². The van der Waals surface area contributed by atoms with E-state index in [1.54, 1.807) is 0 Å². The van der Waals surface area contributed by atoms with Gasteiger partial charge in [-0.2, -0.15) is 0 Å². The topological polar surface area (TPSA) is 50.3 Å². The lowest BCUT2D eigenvalue weighted by molar-refractivity contribution is 0.0698. The van der Waals surface area contributed by atoms with Gasteiger partial charge in [0.15, 0.2) is 0 Å². The summed E-state index contributed by atoms with van der Waals surface area (Å²) in [5, 5.41) is 3.10. The highest BCUT2D eigenvalue weighted by Gasteiger charge is 2.30. The van der Waals surface area contributed by atoms with Crippen molar-refractivity contribution in [3.8, 4) is 5.75 Å². The maximum atomic E-state index is 5.78. The van der Waals surface area contributed by atoms with Gasteiger partial charge in [0.25, 0.3) is 0 Å². The summed E-state index contributed by atoms with van der Waals surface area (Å²) in [6.07, 6.45) is 1.14. The maximum Gasteiger partial charge on any atom is 0.129 e. The molecular formula is C17H22N4O. The average molecular weight is 298 g/mol. The van der Waals surface area contributed by atoms with Crippen molar-refractivity contribution >= 4 is 5.82 Å². The number of nitrogens with one attached hydrogen (secondary N) is 1. The van der Waals surface area contributed by atoms with Crippen molar-refractivity contribution in [2.75, 3.05) is 32.1 Å². The summed E-state index contributed by atoms with van der Waals surface area (Å²) in [6.45, 7) is 4.65. The number of aryl methyl sites for hydroxylation is 1. The smallest absolute Gasteiger partial charge is 0.129 e. The Balaban J connectivity index is 1.56. The summed E-state index contributed by atoms with van der Waals surface area (Å²) >= 11 is 0. The van der Waals surface area contributed by atoms with E-state index in [0.29, 0.717) is 12.6 Å². The minimum Gasteiger partial charge on any atom is -0.492 e. The van der Waals surface area contributed by atoms with E-state index in [2.05, 4.69) is 20.2 Å². The van der Waals surface area contributed by atoms with E-state index in [-0.39, 0.29) is 0 Å². The summed E-state index contributed by atoms with van der Waals surface area (Å²) < 4.78 is 5.78. The van der Waals surface area contributed by atoms with Gasteiger partial charge >= 0.3 is 0 Å². The monoisotopic (exact) mass is 298 g/mol. The zero-order chi connectivity index (χ0) is 15.4. The Morgan fingerprint density at radius 3 is 2.77 bits per heavy atom. The maximum absolute atomic E-state index is 5.78. The second kappa shape index (κ2) is 6.75. The number of para-hydroxylation sites is 1. The highest BCUT2D eigenvalue weighted by Crippen LogP contribution is 2.32. The Bertz CT molecular complexity index is 617. The first-order valence-electron chi connectivity index (χ1n) is 7.71. The molecule has 1 atom stereocenters. The number of hydrogen-bond acceptors (Lipinski definition) is 5. The van der Waals surface area contributed by atoms with Gasteiger partial charge < -0.3 is 10.1 Å². The molecular weight excluding hydrogens is 276 g/mol. The molecule has 1 aliphatic rings. The molecule has 0 saturated carbocycles. The molecule has 0 aliphatic carbocycles. The summed E-state index contributed by atoms with van der Waals surface area (Å²) in [4.78, 5) is 11.3. The van der Waals surface area contributed by atoms with Gasteiger partial charge in [0, 0.05) is 26.2 Å². The third-order valence-electron chi connectivity index (χ3n) is 3.98. The van der Waals surface area contributed by atoms with Crippen molar-refractivity contribution in [1.82, 2.24) is 14.9 Å². The summed E-state index contributed by atoms with van der Waals surface area (Å²) in [6, 6.07) is 12.4. The van der Waals surface area contributed by atoms with Gasteiger partial charge in [0.05, 0.1) is 11.7 Å². The molecule has 0 unspecified atom stereocenters. The number of likely N-dealkylation sites (tertiary alicyclic amines) is 1. The summed E-state index contributed by atoms with van der Waals surface area (Å²) in [5.41, 5.74) is 1.10. The molecule has 5 heteroatoms. The standard InChI is InChI=1S/C17H22N4O/c1-13-19-15(12-17(18-2)20-13)16-8-9-21(16)10-11-22-14-6-4-3-5-7-14/h3-7,12,16H,8-11H2,1-2H3,(H,18,19,20)/t16-/m0/s1. The average Bonchev–Trinajstić information content (AvgIpc) is 2.51. The second-order valence-electron chi connectivity index (χ2n) is 5.48. The van der Waals surface area contributed by atoms with Crippen molar-refractivity contribution in [3.63, 3.8) is 0 Å². The number of benzene rings is 1. The Morgan fingerprint density at radius 1 is 1.27 bits per heavy atom. The zero-order valence-electron chi connectivity index (χ0n) is 13.1. The molecule has 1 aromatic heterocycles. The molecule has 0 amide bonds. The molecule has 0 radical (unpaired) electrons. The number of aromatic nitrogens is 2. The molecule has 22 heavy (non-hydrogen) atoms. The van der Waals surface area contributed by atoms with Crippen LogP contribution in [-0.4, -0.2) is 41.6 Å². The van der Waals surface area contributed by atoms with Crippen LogP contribution >= 0.6 is 0 Å². The molecule has 1 N–H and O–H groups in total. The molecule has 1 fully saturated rings. The fraction of sp³-hybridized carbons (Fsp3) is 0.412. The Morgan fingerprint density at radius 2 is 2.09 bits per heavy atom. The molecule has 1 saturated heterocycles. The van der Waals surface area contributed by atoms with Crippen molar-refractivity contribution in [1.29, 1.82) is 0 Å². The third kappa shape index (κ3) is 3.36. The molecule has 116 valence electrons. The first-order chi connectivity index (χ1) is 10.8. The highest BCUT2D eigenvalue weighted by atomic mass is 16.5. The van der Waals surface area contributed by atoms with Crippen LogP contribution in [0, 0.1) is 6.92 Å². The number of nitrogens with zero attached hydrogens (tertiary/aromatic N) is 3. The molecule has 2 heterocycles. The van der Waals surface area contributed by atoms with Crippen LogP contribution in [0.4, 0.5) is 5.82 Å². The number of hydrogen-bond donors (Lipinski definition) is 1. The van der Waals surface area contributed by atoms with Crippen LogP contribution in [0.1, 0.15) is 24.0 Å². The third-order valence-corrected chi connectivity index (χ3v) is 3.98. The number of rotatable bonds is 6. The molecule has 0 bridgehead atoms. The molecule has 2 aromatic rings. The van der Waals surface area contributed by atoms with E-state index in [1.165, 1.54) is 0 Å². The second-order valence-corrected chi connectivity index (χ2v) is 5.48. The van der Waals surface area contributed by atoms with E-state index in [9.17, 15) is 0 Å². The minimum absolute atomic E-state index is 0.383. The molecule has 5 nitrogen and oxygen atoms in total. The van der Waals surface area contributed by atoms with E-state index < -0.39 is 0 Å². The Hall–Kier alpha value is -2.14. The predicted molar refractivity (Wildman–Crippen MR) is 87.2 cm³/mol. The molecule has 3 rings (SSSR count).